The van der Waals surface area contributed by atoms with Gasteiger partial charge >= 0.3 is 18.2 Å². The highest BCUT2D eigenvalue weighted by molar-refractivity contribution is 5.69. The third kappa shape index (κ3) is 4.87. The second kappa shape index (κ2) is 7.55. The smallest absolute Gasteiger partial charge is 0.410 e. The summed E-state index contributed by atoms with van der Waals surface area (Å²) in [6.07, 6.45) is -6.12. The van der Waals surface area contributed by atoms with Gasteiger partial charge in [0.2, 0.25) is 0 Å². The minimum absolute atomic E-state index is 0.110. The summed E-state index contributed by atoms with van der Waals surface area (Å²) in [5.74, 6) is -1.60. The van der Waals surface area contributed by atoms with E-state index in [9.17, 15) is 22.8 Å². The molecule has 0 radical (unpaired) electrons. The average molecular weight is 345 g/mol. The summed E-state index contributed by atoms with van der Waals surface area (Å²) in [7, 11) is 0. The van der Waals surface area contributed by atoms with Crippen LogP contribution < -0.4 is 0 Å². The molecule has 1 amide bonds. The Kier molecular flexibility index (Phi) is 5.69. The van der Waals surface area contributed by atoms with Gasteiger partial charge in [0.1, 0.15) is 12.6 Å². The number of carboxylic acids is 1. The lowest BCUT2D eigenvalue weighted by atomic mass is 9.90. The van der Waals surface area contributed by atoms with Crippen LogP contribution in [0.25, 0.3) is 0 Å². The van der Waals surface area contributed by atoms with Crippen LogP contribution in [-0.2, 0) is 16.1 Å². The minimum atomic E-state index is -4.57. The van der Waals surface area contributed by atoms with Crippen molar-refractivity contribution in [1.29, 1.82) is 0 Å². The van der Waals surface area contributed by atoms with Crippen molar-refractivity contribution < 1.29 is 32.6 Å². The van der Waals surface area contributed by atoms with Crippen molar-refractivity contribution in [2.45, 2.75) is 38.1 Å². The second-order valence-corrected chi connectivity index (χ2v) is 5.79. The molecule has 2 atom stereocenters. The Morgan fingerprint density at radius 3 is 2.46 bits per heavy atom. The molecule has 0 spiro atoms. The molecule has 1 heterocycles. The zero-order valence-electron chi connectivity index (χ0n) is 12.8. The molecule has 1 saturated heterocycles. The van der Waals surface area contributed by atoms with Gasteiger partial charge in [0, 0.05) is 13.0 Å². The number of piperidine rings is 1. The van der Waals surface area contributed by atoms with Crippen LogP contribution in [0.1, 0.15) is 24.8 Å². The van der Waals surface area contributed by atoms with Crippen LogP contribution in [0, 0.1) is 5.92 Å². The van der Waals surface area contributed by atoms with Crippen molar-refractivity contribution in [3.63, 3.8) is 0 Å². The highest BCUT2D eigenvalue weighted by atomic mass is 19.4. The van der Waals surface area contributed by atoms with E-state index in [-0.39, 0.29) is 32.4 Å². The van der Waals surface area contributed by atoms with Crippen molar-refractivity contribution in [2.24, 2.45) is 5.92 Å². The number of carbonyl (C=O) groups excluding carboxylic acids is 1. The lowest BCUT2D eigenvalue weighted by molar-refractivity contribution is -0.189. The second-order valence-electron chi connectivity index (χ2n) is 5.79. The molecule has 24 heavy (non-hydrogen) atoms. The Morgan fingerprint density at radius 2 is 1.88 bits per heavy atom. The zero-order valence-corrected chi connectivity index (χ0v) is 12.8. The largest absolute Gasteiger partial charge is 0.481 e. The molecule has 1 N–H and O–H groups in total. The fraction of sp³-hybridized carbons (Fsp3) is 0.500. The molecule has 0 aromatic heterocycles. The number of alkyl halides is 3. The van der Waals surface area contributed by atoms with E-state index in [1.54, 1.807) is 30.3 Å². The number of amides is 1. The predicted molar refractivity (Wildman–Crippen MR) is 78.2 cm³/mol. The first-order valence-corrected chi connectivity index (χ1v) is 7.53. The Morgan fingerprint density at radius 1 is 1.21 bits per heavy atom. The number of ether oxygens (including phenoxy) is 1. The number of benzene rings is 1. The molecule has 0 unspecified atom stereocenters. The van der Waals surface area contributed by atoms with Gasteiger partial charge in [0.15, 0.2) is 0 Å². The van der Waals surface area contributed by atoms with Crippen molar-refractivity contribution >= 4 is 12.1 Å². The normalized spacial score (nSPS) is 21.4. The van der Waals surface area contributed by atoms with Crippen LogP contribution >= 0.6 is 0 Å². The molecule has 1 aliphatic rings. The highest BCUT2D eigenvalue weighted by Gasteiger charge is 2.48. The molecular weight excluding hydrogens is 327 g/mol. The summed E-state index contributed by atoms with van der Waals surface area (Å²) >= 11 is 0. The highest BCUT2D eigenvalue weighted by Crippen LogP contribution is 2.35. The third-order valence-corrected chi connectivity index (χ3v) is 3.96. The number of hydrogen-bond acceptors (Lipinski definition) is 3. The molecular formula is C16H18F3NO4. The number of nitrogens with zero attached hydrogens (tertiary/aromatic N) is 1. The van der Waals surface area contributed by atoms with Crippen molar-refractivity contribution in [3.05, 3.63) is 35.9 Å². The number of carbonyl (C=O) groups is 2. The standard InChI is InChI=1S/C16H18F3NO4/c17-16(18,19)13-7-6-12(8-14(21)22)9-20(13)15(23)24-10-11-4-2-1-3-5-11/h1-5,12-13H,6-10H2,(H,21,22)/t12-,13-/m1/s1. The maximum absolute atomic E-state index is 13.1. The molecule has 8 heteroatoms. The summed E-state index contributed by atoms with van der Waals surface area (Å²) in [5, 5.41) is 8.81. The van der Waals surface area contributed by atoms with Gasteiger partial charge in [-0.05, 0) is 24.3 Å². The first-order chi connectivity index (χ1) is 11.3. The first-order valence-electron chi connectivity index (χ1n) is 7.53. The Hall–Kier alpha value is -2.25. The Bertz CT molecular complexity index is 576. The van der Waals surface area contributed by atoms with Gasteiger partial charge in [0.05, 0.1) is 0 Å². The molecule has 2 rings (SSSR count). The third-order valence-electron chi connectivity index (χ3n) is 3.96. The van der Waals surface area contributed by atoms with E-state index in [4.69, 9.17) is 9.84 Å². The summed E-state index contributed by atoms with van der Waals surface area (Å²) in [6.45, 7) is -0.408. The van der Waals surface area contributed by atoms with Crippen molar-refractivity contribution in [1.82, 2.24) is 4.90 Å². The van der Waals surface area contributed by atoms with E-state index in [2.05, 4.69) is 0 Å². The minimum Gasteiger partial charge on any atom is -0.481 e. The zero-order chi connectivity index (χ0) is 17.7. The number of carboxylic acid groups (broad SMARTS) is 1. The maximum atomic E-state index is 13.1. The topological polar surface area (TPSA) is 66.8 Å². The van der Waals surface area contributed by atoms with Gasteiger partial charge in [0.25, 0.3) is 0 Å². The first kappa shape index (κ1) is 18.1. The van der Waals surface area contributed by atoms with Gasteiger partial charge in [-0.2, -0.15) is 13.2 Å². The fourth-order valence-electron chi connectivity index (χ4n) is 2.80. The van der Waals surface area contributed by atoms with Gasteiger partial charge < -0.3 is 9.84 Å². The van der Waals surface area contributed by atoms with E-state index in [1.807, 2.05) is 0 Å². The molecule has 0 bridgehead atoms. The number of aliphatic carboxylic acids is 1. The number of halogens is 3. The van der Waals surface area contributed by atoms with Crippen LogP contribution in [0.5, 0.6) is 0 Å². The van der Waals surface area contributed by atoms with E-state index in [1.165, 1.54) is 0 Å². The molecule has 1 fully saturated rings. The molecule has 1 aromatic carbocycles. The van der Waals surface area contributed by atoms with Gasteiger partial charge in [-0.1, -0.05) is 30.3 Å². The molecule has 132 valence electrons. The average Bonchev–Trinajstić information content (AvgIpc) is 2.52. The lowest BCUT2D eigenvalue weighted by Gasteiger charge is -2.39. The predicted octanol–water partition coefficient (Wildman–Crippen LogP) is 3.44. The van der Waals surface area contributed by atoms with Crippen LogP contribution in [0.4, 0.5) is 18.0 Å². The van der Waals surface area contributed by atoms with E-state index < -0.39 is 30.2 Å². The molecule has 0 saturated carbocycles. The number of rotatable bonds is 4. The van der Waals surface area contributed by atoms with Gasteiger partial charge in [-0.25, -0.2) is 4.79 Å². The van der Waals surface area contributed by atoms with Crippen LogP contribution in [0.3, 0.4) is 0 Å². The van der Waals surface area contributed by atoms with E-state index in [0.29, 0.717) is 10.5 Å². The van der Waals surface area contributed by atoms with E-state index >= 15 is 0 Å². The summed E-state index contributed by atoms with van der Waals surface area (Å²) < 4.78 is 44.4. The SMILES string of the molecule is O=C(O)C[C@H]1CC[C@H](C(F)(F)F)N(C(=O)OCc2ccccc2)C1. The molecule has 1 aromatic rings. The van der Waals surface area contributed by atoms with Crippen molar-refractivity contribution in [2.75, 3.05) is 6.54 Å². The Labute approximate surface area is 137 Å². The monoisotopic (exact) mass is 345 g/mol. The molecule has 1 aliphatic heterocycles. The fourth-order valence-corrected chi connectivity index (χ4v) is 2.80. The van der Waals surface area contributed by atoms with Crippen molar-refractivity contribution in [3.8, 4) is 0 Å². The summed E-state index contributed by atoms with van der Waals surface area (Å²) in [5.41, 5.74) is 0.661. The lowest BCUT2D eigenvalue weighted by Crippen LogP contribution is -2.53. The molecule has 0 aliphatic carbocycles. The van der Waals surface area contributed by atoms with Gasteiger partial charge in [-0.3, -0.25) is 9.69 Å². The summed E-state index contributed by atoms with van der Waals surface area (Å²) in [6, 6.07) is 6.67. The van der Waals surface area contributed by atoms with Crippen LogP contribution in [-0.4, -0.2) is 40.8 Å². The maximum Gasteiger partial charge on any atom is 0.410 e. The number of hydrogen-bond donors (Lipinski definition) is 1. The number of likely N-dealkylation sites (tertiary alicyclic amines) is 1. The van der Waals surface area contributed by atoms with Crippen LogP contribution in [0.15, 0.2) is 30.3 Å². The van der Waals surface area contributed by atoms with E-state index in [0.717, 1.165) is 0 Å². The summed E-state index contributed by atoms with van der Waals surface area (Å²) in [4.78, 5) is 23.5. The van der Waals surface area contributed by atoms with Gasteiger partial charge in [-0.15, -0.1) is 0 Å². The molecule has 5 nitrogen and oxygen atoms in total. The quantitative estimate of drug-likeness (QED) is 0.908. The van der Waals surface area contributed by atoms with Crippen LogP contribution in [0.2, 0.25) is 0 Å². The Balaban J connectivity index is 2.04.